The molecule has 0 aromatic heterocycles. The zero-order valence-electron chi connectivity index (χ0n) is 13.8. The molecular formula is C18H13F6NO2. The van der Waals surface area contributed by atoms with E-state index in [0.717, 1.165) is 12.3 Å². The van der Waals surface area contributed by atoms with Gasteiger partial charge in [-0.25, -0.2) is 0 Å². The van der Waals surface area contributed by atoms with Gasteiger partial charge in [-0.2, -0.15) is 26.3 Å². The smallest absolute Gasteiger partial charge is 0.416 e. The second-order valence-corrected chi connectivity index (χ2v) is 5.37. The molecule has 2 aromatic carbocycles. The predicted octanol–water partition coefficient (Wildman–Crippen LogP) is 5.54. The summed E-state index contributed by atoms with van der Waals surface area (Å²) >= 11 is 0. The van der Waals surface area contributed by atoms with Gasteiger partial charge in [-0.05, 0) is 30.3 Å². The van der Waals surface area contributed by atoms with Gasteiger partial charge < -0.3 is 10.1 Å². The van der Waals surface area contributed by atoms with Crippen molar-refractivity contribution in [2.24, 2.45) is 0 Å². The highest BCUT2D eigenvalue weighted by molar-refractivity contribution is 6.04. The van der Waals surface area contributed by atoms with E-state index in [-0.39, 0.29) is 11.6 Å². The summed E-state index contributed by atoms with van der Waals surface area (Å²) in [5, 5.41) is 2.27. The molecule has 0 aliphatic rings. The number of hydrogen-bond acceptors (Lipinski definition) is 3. The van der Waals surface area contributed by atoms with E-state index in [1.165, 1.54) is 19.2 Å². The van der Waals surface area contributed by atoms with Crippen LogP contribution in [-0.2, 0) is 12.4 Å². The molecule has 0 atom stereocenters. The van der Waals surface area contributed by atoms with Crippen molar-refractivity contribution in [2.75, 3.05) is 12.4 Å². The fraction of sp³-hybridized carbons (Fsp3) is 0.167. The molecule has 0 amide bonds. The molecule has 0 saturated carbocycles. The Balaban J connectivity index is 2.23. The number of hydrogen-bond donors (Lipinski definition) is 1. The van der Waals surface area contributed by atoms with Crippen molar-refractivity contribution in [3.05, 3.63) is 71.4 Å². The highest BCUT2D eigenvalue weighted by Crippen LogP contribution is 2.37. The van der Waals surface area contributed by atoms with Crippen molar-refractivity contribution in [1.29, 1.82) is 0 Å². The Hall–Kier alpha value is -2.97. The van der Waals surface area contributed by atoms with Gasteiger partial charge in [-0.3, -0.25) is 4.79 Å². The van der Waals surface area contributed by atoms with E-state index in [1.807, 2.05) is 0 Å². The quantitative estimate of drug-likeness (QED) is 0.415. The molecule has 2 aromatic rings. The lowest BCUT2D eigenvalue weighted by Crippen LogP contribution is -2.11. The van der Waals surface area contributed by atoms with Crippen molar-refractivity contribution in [3.8, 4) is 5.75 Å². The molecule has 0 heterocycles. The maximum atomic E-state index is 12.8. The van der Waals surface area contributed by atoms with Crippen LogP contribution >= 0.6 is 0 Å². The normalized spacial score (nSPS) is 12.3. The van der Waals surface area contributed by atoms with Gasteiger partial charge in [0.2, 0.25) is 0 Å². The zero-order chi connectivity index (χ0) is 20.2. The Morgan fingerprint density at radius 2 is 1.56 bits per heavy atom. The largest absolute Gasteiger partial charge is 0.497 e. The Bertz CT molecular complexity index is 823. The topological polar surface area (TPSA) is 38.3 Å². The number of nitrogens with one attached hydrogen (secondary N) is 1. The van der Waals surface area contributed by atoms with Crippen LogP contribution in [0.15, 0.2) is 54.7 Å². The van der Waals surface area contributed by atoms with Gasteiger partial charge >= 0.3 is 12.4 Å². The van der Waals surface area contributed by atoms with Crippen molar-refractivity contribution in [2.45, 2.75) is 12.4 Å². The van der Waals surface area contributed by atoms with Crippen LogP contribution in [0.1, 0.15) is 21.5 Å². The summed E-state index contributed by atoms with van der Waals surface area (Å²) in [4.78, 5) is 12.0. The molecule has 0 saturated heterocycles. The minimum absolute atomic E-state index is 0.0241. The first kappa shape index (κ1) is 20.3. The average Bonchev–Trinajstić information content (AvgIpc) is 2.60. The SMILES string of the molecule is COc1cccc(C(=O)C=CNc2cc(C(F)(F)F)cc(C(F)(F)F)c2)c1. The second-order valence-electron chi connectivity index (χ2n) is 5.37. The standard InChI is InChI=1S/C18H13F6NO2/c1-27-15-4-2-3-11(7-15)16(26)5-6-25-14-9-12(17(19,20)21)8-13(10-14)18(22,23)24/h2-10,25H,1H3. The van der Waals surface area contributed by atoms with Crippen molar-refractivity contribution >= 4 is 11.5 Å². The number of alkyl halides is 6. The number of allylic oxidation sites excluding steroid dienone is 1. The zero-order valence-corrected chi connectivity index (χ0v) is 13.8. The molecule has 3 nitrogen and oxygen atoms in total. The van der Waals surface area contributed by atoms with Crippen LogP contribution in [0.25, 0.3) is 0 Å². The van der Waals surface area contributed by atoms with E-state index in [1.54, 1.807) is 12.1 Å². The number of carbonyl (C=O) groups is 1. The first-order valence-corrected chi connectivity index (χ1v) is 7.41. The summed E-state index contributed by atoms with van der Waals surface area (Å²) in [5.74, 6) is -0.0840. The van der Waals surface area contributed by atoms with E-state index in [0.29, 0.717) is 17.9 Å². The molecule has 0 bridgehead atoms. The average molecular weight is 389 g/mol. The van der Waals surface area contributed by atoms with Gasteiger partial charge in [-0.15, -0.1) is 0 Å². The van der Waals surface area contributed by atoms with Crippen LogP contribution in [0.4, 0.5) is 32.0 Å². The van der Waals surface area contributed by atoms with E-state index < -0.39 is 35.0 Å². The van der Waals surface area contributed by atoms with E-state index in [2.05, 4.69) is 5.32 Å². The summed E-state index contributed by atoms with van der Waals surface area (Å²) in [6.07, 6.45) is -7.94. The van der Waals surface area contributed by atoms with Crippen LogP contribution in [0, 0.1) is 0 Å². The lowest BCUT2D eigenvalue weighted by atomic mass is 10.1. The molecule has 144 valence electrons. The van der Waals surface area contributed by atoms with Gasteiger partial charge in [0, 0.05) is 23.5 Å². The lowest BCUT2D eigenvalue weighted by Gasteiger charge is -2.14. The molecule has 0 radical (unpaired) electrons. The van der Waals surface area contributed by atoms with Crippen LogP contribution in [0.2, 0.25) is 0 Å². The maximum absolute atomic E-state index is 12.8. The monoisotopic (exact) mass is 389 g/mol. The Morgan fingerprint density at radius 1 is 0.963 bits per heavy atom. The fourth-order valence-corrected chi connectivity index (χ4v) is 2.12. The summed E-state index contributed by atoms with van der Waals surface area (Å²) in [6, 6.07) is 7.18. The third kappa shape index (κ3) is 5.50. The minimum Gasteiger partial charge on any atom is -0.497 e. The van der Waals surface area contributed by atoms with Crippen LogP contribution in [-0.4, -0.2) is 12.9 Å². The Morgan fingerprint density at radius 3 is 2.07 bits per heavy atom. The minimum atomic E-state index is -4.95. The Labute approximate surface area is 150 Å². The predicted molar refractivity (Wildman–Crippen MR) is 86.5 cm³/mol. The maximum Gasteiger partial charge on any atom is 0.416 e. The molecule has 0 aliphatic carbocycles. The van der Waals surface area contributed by atoms with Crippen molar-refractivity contribution in [3.63, 3.8) is 0 Å². The molecular weight excluding hydrogens is 376 g/mol. The second kappa shape index (κ2) is 7.73. The summed E-state index contributed by atoms with van der Waals surface area (Å²) in [5.41, 5.74) is -3.11. The number of methoxy groups -OCH3 is 1. The van der Waals surface area contributed by atoms with E-state index >= 15 is 0 Å². The van der Waals surface area contributed by atoms with Gasteiger partial charge in [0.25, 0.3) is 0 Å². The van der Waals surface area contributed by atoms with Gasteiger partial charge in [-0.1, -0.05) is 12.1 Å². The molecule has 9 heteroatoms. The van der Waals surface area contributed by atoms with Crippen LogP contribution in [0.5, 0.6) is 5.75 Å². The molecule has 0 unspecified atom stereocenters. The lowest BCUT2D eigenvalue weighted by molar-refractivity contribution is -0.143. The van der Waals surface area contributed by atoms with Gasteiger partial charge in [0.15, 0.2) is 5.78 Å². The number of benzene rings is 2. The van der Waals surface area contributed by atoms with E-state index in [9.17, 15) is 31.1 Å². The fourth-order valence-electron chi connectivity index (χ4n) is 2.12. The first-order chi connectivity index (χ1) is 12.5. The van der Waals surface area contributed by atoms with Gasteiger partial charge in [0.1, 0.15) is 5.75 Å². The highest BCUT2D eigenvalue weighted by Gasteiger charge is 2.36. The summed E-state index contributed by atoms with van der Waals surface area (Å²) < 4.78 is 81.8. The third-order valence-corrected chi connectivity index (χ3v) is 3.43. The Kier molecular flexibility index (Phi) is 5.82. The number of rotatable bonds is 5. The number of anilines is 1. The molecule has 2 rings (SSSR count). The number of ketones is 1. The number of halogens is 6. The van der Waals surface area contributed by atoms with Crippen LogP contribution < -0.4 is 10.1 Å². The first-order valence-electron chi connectivity index (χ1n) is 7.41. The van der Waals surface area contributed by atoms with Crippen LogP contribution in [0.3, 0.4) is 0 Å². The molecule has 1 N–H and O–H groups in total. The third-order valence-electron chi connectivity index (χ3n) is 3.43. The number of carbonyl (C=O) groups excluding carboxylic acids is 1. The summed E-state index contributed by atoms with van der Waals surface area (Å²) in [7, 11) is 1.41. The highest BCUT2D eigenvalue weighted by atomic mass is 19.4. The van der Waals surface area contributed by atoms with Gasteiger partial charge in [0.05, 0.1) is 18.2 Å². The number of ether oxygens (including phenoxy) is 1. The molecule has 0 spiro atoms. The van der Waals surface area contributed by atoms with Crippen molar-refractivity contribution in [1.82, 2.24) is 0 Å². The molecule has 27 heavy (non-hydrogen) atoms. The molecule has 0 fully saturated rings. The van der Waals surface area contributed by atoms with E-state index in [4.69, 9.17) is 4.74 Å². The molecule has 0 aliphatic heterocycles. The summed E-state index contributed by atoms with van der Waals surface area (Å²) in [6.45, 7) is 0. The van der Waals surface area contributed by atoms with Crippen molar-refractivity contribution < 1.29 is 35.9 Å².